The Kier molecular flexibility index (Phi) is 8.32. The Labute approximate surface area is 214 Å². The van der Waals surface area contributed by atoms with Crippen molar-refractivity contribution < 1.29 is 24.2 Å². The van der Waals surface area contributed by atoms with Gasteiger partial charge in [0, 0.05) is 32.0 Å². The van der Waals surface area contributed by atoms with Gasteiger partial charge in [-0.3, -0.25) is 14.2 Å². The number of nitrogens with two attached hydrogens (primary N) is 1. The second-order valence-electron chi connectivity index (χ2n) is 8.84. The highest BCUT2D eigenvalue weighted by atomic mass is 16.6. The summed E-state index contributed by atoms with van der Waals surface area (Å²) in [7, 11) is 0. The summed E-state index contributed by atoms with van der Waals surface area (Å²) in [6.07, 6.45) is -0.366. The second kappa shape index (κ2) is 11.8. The first-order valence-electron chi connectivity index (χ1n) is 12.1. The third kappa shape index (κ3) is 6.22. The lowest BCUT2D eigenvalue weighted by atomic mass is 9.88. The summed E-state index contributed by atoms with van der Waals surface area (Å²) in [4.78, 5) is 40.7. The molecule has 0 radical (unpaired) electrons. The molecule has 0 spiro atoms. The maximum Gasteiger partial charge on any atom is 0.351 e. The number of anilines is 1. The molecule has 10 nitrogen and oxygen atoms in total. The van der Waals surface area contributed by atoms with Crippen LogP contribution in [0.15, 0.2) is 71.7 Å². The Balaban J connectivity index is 1.48. The van der Waals surface area contributed by atoms with Crippen LogP contribution in [0.1, 0.15) is 53.4 Å². The van der Waals surface area contributed by atoms with Gasteiger partial charge in [-0.2, -0.15) is 4.98 Å². The molecule has 4 rings (SSSR count). The van der Waals surface area contributed by atoms with Crippen LogP contribution >= 0.6 is 0 Å². The standard InChI is InChI=1S/C27H30N4O6/c1-17(33)36-22-14-24(37-23(22)16-32)31-15-21(25(28)30-27(31)35)26(34)29-13-12-20(18-8-4-2-5-9-18)19-10-6-3-7-11-19/h2-11,15,20,22-24,32H,12-14,16H2,1H3,(H,29,34)(H2,28,30,35)/t22-,23+,24+/m0/s1. The highest BCUT2D eigenvalue weighted by molar-refractivity contribution is 5.97. The minimum absolute atomic E-state index is 0.0238. The van der Waals surface area contributed by atoms with Crippen molar-refractivity contribution >= 4 is 17.7 Å². The number of nitrogen functional groups attached to an aromatic ring is 1. The average molecular weight is 507 g/mol. The molecule has 3 aromatic rings. The number of benzene rings is 2. The first kappa shape index (κ1) is 26.1. The lowest BCUT2D eigenvalue weighted by molar-refractivity contribution is -0.150. The molecule has 2 heterocycles. The van der Waals surface area contributed by atoms with Gasteiger partial charge in [0.05, 0.1) is 12.2 Å². The van der Waals surface area contributed by atoms with Crippen molar-refractivity contribution in [3.8, 4) is 0 Å². The summed E-state index contributed by atoms with van der Waals surface area (Å²) in [6, 6.07) is 20.1. The Hall–Kier alpha value is -4.02. The van der Waals surface area contributed by atoms with Gasteiger partial charge in [-0.15, -0.1) is 0 Å². The van der Waals surface area contributed by atoms with Gasteiger partial charge < -0.3 is 25.6 Å². The molecule has 1 aliphatic heterocycles. The fourth-order valence-electron chi connectivity index (χ4n) is 4.56. The monoisotopic (exact) mass is 506 g/mol. The van der Waals surface area contributed by atoms with Crippen LogP contribution in [-0.2, 0) is 14.3 Å². The number of aliphatic hydroxyl groups excluding tert-OH is 1. The van der Waals surface area contributed by atoms with Crippen LogP contribution in [0.5, 0.6) is 0 Å². The molecule has 0 aliphatic carbocycles. The minimum atomic E-state index is -0.880. The summed E-state index contributed by atoms with van der Waals surface area (Å²) in [6.45, 7) is 1.21. The van der Waals surface area contributed by atoms with Crippen LogP contribution in [0.4, 0.5) is 5.82 Å². The number of nitrogens with one attached hydrogen (secondary N) is 1. The molecule has 1 amide bonds. The predicted molar refractivity (Wildman–Crippen MR) is 136 cm³/mol. The zero-order chi connectivity index (χ0) is 26.4. The Morgan fingerprint density at radius 2 is 1.78 bits per heavy atom. The SMILES string of the molecule is CC(=O)O[C@H]1C[C@H](n2cc(C(=O)NCCC(c3ccccc3)c3ccccc3)c(N)nc2=O)O[C@@H]1CO. The van der Waals surface area contributed by atoms with Gasteiger partial charge in [-0.25, -0.2) is 4.79 Å². The average Bonchev–Trinajstić information content (AvgIpc) is 3.29. The molecule has 0 saturated carbocycles. The van der Waals surface area contributed by atoms with E-state index in [9.17, 15) is 19.5 Å². The van der Waals surface area contributed by atoms with Crippen molar-refractivity contribution in [1.82, 2.24) is 14.9 Å². The zero-order valence-corrected chi connectivity index (χ0v) is 20.4. The fourth-order valence-corrected chi connectivity index (χ4v) is 4.56. The van der Waals surface area contributed by atoms with Gasteiger partial charge in [0.15, 0.2) is 0 Å². The van der Waals surface area contributed by atoms with Crippen LogP contribution in [0.3, 0.4) is 0 Å². The molecule has 1 saturated heterocycles. The number of aromatic nitrogens is 2. The molecule has 3 atom stereocenters. The smallest absolute Gasteiger partial charge is 0.351 e. The van der Waals surface area contributed by atoms with Gasteiger partial charge in [0.25, 0.3) is 5.91 Å². The highest BCUT2D eigenvalue weighted by Gasteiger charge is 2.39. The number of hydrogen-bond acceptors (Lipinski definition) is 8. The number of amides is 1. The maximum atomic E-state index is 13.0. The lowest BCUT2D eigenvalue weighted by Gasteiger charge is -2.19. The third-order valence-electron chi connectivity index (χ3n) is 6.34. The predicted octanol–water partition coefficient (Wildman–Crippen LogP) is 1.99. The second-order valence-corrected chi connectivity index (χ2v) is 8.84. The topological polar surface area (TPSA) is 146 Å². The zero-order valence-electron chi connectivity index (χ0n) is 20.4. The Bertz CT molecular complexity index is 1240. The number of aliphatic hydroxyl groups is 1. The lowest BCUT2D eigenvalue weighted by Crippen LogP contribution is -2.33. The van der Waals surface area contributed by atoms with Crippen LogP contribution in [0, 0.1) is 0 Å². The van der Waals surface area contributed by atoms with Crippen LogP contribution in [-0.4, -0.2) is 51.9 Å². The number of ether oxygens (including phenoxy) is 2. The van der Waals surface area contributed by atoms with E-state index in [-0.39, 0.29) is 23.7 Å². The summed E-state index contributed by atoms with van der Waals surface area (Å²) < 4.78 is 12.0. The van der Waals surface area contributed by atoms with Crippen molar-refractivity contribution in [1.29, 1.82) is 0 Å². The van der Waals surface area contributed by atoms with Gasteiger partial charge in [0.1, 0.15) is 24.3 Å². The molecule has 1 aromatic heterocycles. The van der Waals surface area contributed by atoms with E-state index in [4.69, 9.17) is 15.2 Å². The van der Waals surface area contributed by atoms with E-state index in [1.165, 1.54) is 13.1 Å². The highest BCUT2D eigenvalue weighted by Crippen LogP contribution is 2.30. The van der Waals surface area contributed by atoms with Gasteiger partial charge in [-0.1, -0.05) is 60.7 Å². The number of hydrogen-bond donors (Lipinski definition) is 3. The molecule has 0 unspecified atom stereocenters. The molecular weight excluding hydrogens is 476 g/mol. The van der Waals surface area contributed by atoms with Crippen molar-refractivity contribution in [2.45, 2.75) is 44.1 Å². The number of carbonyl (C=O) groups is 2. The molecule has 1 aliphatic rings. The van der Waals surface area contributed by atoms with Gasteiger partial charge >= 0.3 is 11.7 Å². The molecule has 37 heavy (non-hydrogen) atoms. The van der Waals surface area contributed by atoms with E-state index in [0.717, 1.165) is 15.7 Å². The van der Waals surface area contributed by atoms with Crippen molar-refractivity contribution in [3.63, 3.8) is 0 Å². The normalized spacial score (nSPS) is 19.1. The van der Waals surface area contributed by atoms with Crippen molar-refractivity contribution in [2.24, 2.45) is 0 Å². The van der Waals surface area contributed by atoms with Crippen LogP contribution in [0.25, 0.3) is 0 Å². The van der Waals surface area contributed by atoms with E-state index in [2.05, 4.69) is 34.6 Å². The summed E-state index contributed by atoms with van der Waals surface area (Å²) >= 11 is 0. The maximum absolute atomic E-state index is 13.0. The number of rotatable bonds is 9. The first-order chi connectivity index (χ1) is 17.9. The van der Waals surface area contributed by atoms with Crippen LogP contribution in [0.2, 0.25) is 0 Å². The van der Waals surface area contributed by atoms with Crippen molar-refractivity contribution in [2.75, 3.05) is 18.9 Å². The van der Waals surface area contributed by atoms with Gasteiger partial charge in [0.2, 0.25) is 0 Å². The number of nitrogens with zero attached hydrogens (tertiary/aromatic N) is 2. The molecule has 1 fully saturated rings. The fraction of sp³-hybridized carbons (Fsp3) is 0.333. The van der Waals surface area contributed by atoms with E-state index >= 15 is 0 Å². The van der Waals surface area contributed by atoms with Crippen molar-refractivity contribution in [3.05, 3.63) is 94.0 Å². The third-order valence-corrected chi connectivity index (χ3v) is 6.34. The Morgan fingerprint density at radius 1 is 1.16 bits per heavy atom. The quantitative estimate of drug-likeness (QED) is 0.374. The van der Waals surface area contributed by atoms with E-state index in [1.807, 2.05) is 36.4 Å². The molecule has 4 N–H and O–H groups in total. The minimum Gasteiger partial charge on any atom is -0.460 e. The molecular formula is C27H30N4O6. The largest absolute Gasteiger partial charge is 0.460 e. The van der Waals surface area contributed by atoms with E-state index in [0.29, 0.717) is 13.0 Å². The molecule has 0 bridgehead atoms. The Morgan fingerprint density at radius 3 is 2.35 bits per heavy atom. The van der Waals surface area contributed by atoms with Crippen LogP contribution < -0.4 is 16.7 Å². The van der Waals surface area contributed by atoms with E-state index < -0.39 is 42.6 Å². The molecule has 194 valence electrons. The van der Waals surface area contributed by atoms with Gasteiger partial charge in [-0.05, 0) is 17.5 Å². The van der Waals surface area contributed by atoms with E-state index in [1.54, 1.807) is 0 Å². The number of esters is 1. The molecule has 2 aromatic carbocycles. The summed E-state index contributed by atoms with van der Waals surface area (Å²) in [5.41, 5.74) is 7.50. The first-order valence-corrected chi connectivity index (χ1v) is 12.1. The summed E-state index contributed by atoms with van der Waals surface area (Å²) in [5.74, 6) is -1.13. The molecule has 10 heteroatoms. The summed E-state index contributed by atoms with van der Waals surface area (Å²) in [5, 5.41) is 12.5. The number of carbonyl (C=O) groups excluding carboxylic acids is 2.